The second kappa shape index (κ2) is 10.3. The summed E-state index contributed by atoms with van der Waals surface area (Å²) in [6, 6.07) is 6.64. The van der Waals surface area contributed by atoms with Gasteiger partial charge in [0.25, 0.3) is 5.91 Å². The van der Waals surface area contributed by atoms with E-state index in [0.29, 0.717) is 37.3 Å². The maximum atomic E-state index is 12.1. The first kappa shape index (κ1) is 19.5. The van der Waals surface area contributed by atoms with Crippen molar-refractivity contribution in [3.05, 3.63) is 29.8 Å². The third kappa shape index (κ3) is 6.68. The Morgan fingerprint density at radius 1 is 1.17 bits per heavy atom. The number of hydrogen-bond acceptors (Lipinski definition) is 5. The van der Waals surface area contributed by atoms with Crippen LogP contribution in [0.15, 0.2) is 24.3 Å². The SMILES string of the molecule is CCN(CCNC(=O)c1ccc(N)cc1)C(=O)CCCC(=O)OC. The minimum absolute atomic E-state index is 0.0388. The zero-order chi connectivity index (χ0) is 17.9. The van der Waals surface area contributed by atoms with E-state index in [2.05, 4.69) is 10.1 Å². The van der Waals surface area contributed by atoms with E-state index in [1.165, 1.54) is 7.11 Å². The van der Waals surface area contributed by atoms with Crippen LogP contribution in [-0.2, 0) is 14.3 Å². The smallest absolute Gasteiger partial charge is 0.305 e. The summed E-state index contributed by atoms with van der Waals surface area (Å²) in [6.45, 7) is 3.21. The first-order valence-corrected chi connectivity index (χ1v) is 7.96. The number of nitrogen functional groups attached to an aromatic ring is 1. The largest absolute Gasteiger partial charge is 0.469 e. The van der Waals surface area contributed by atoms with Crippen molar-refractivity contribution < 1.29 is 19.1 Å². The van der Waals surface area contributed by atoms with E-state index >= 15 is 0 Å². The number of carbonyl (C=O) groups excluding carboxylic acids is 3. The first-order valence-electron chi connectivity index (χ1n) is 7.96. The Balaban J connectivity index is 2.34. The van der Waals surface area contributed by atoms with Crippen LogP contribution in [0.3, 0.4) is 0 Å². The molecule has 0 bridgehead atoms. The highest BCUT2D eigenvalue weighted by Gasteiger charge is 2.13. The van der Waals surface area contributed by atoms with Gasteiger partial charge in [-0.25, -0.2) is 0 Å². The van der Waals surface area contributed by atoms with Gasteiger partial charge in [-0.2, -0.15) is 0 Å². The molecule has 0 aromatic heterocycles. The van der Waals surface area contributed by atoms with Crippen LogP contribution in [0.5, 0.6) is 0 Å². The molecule has 132 valence electrons. The Bertz CT molecular complexity index is 557. The van der Waals surface area contributed by atoms with E-state index in [1.807, 2.05) is 6.92 Å². The minimum atomic E-state index is -0.318. The number of methoxy groups -OCH3 is 1. The molecule has 0 aliphatic heterocycles. The average Bonchev–Trinajstić information content (AvgIpc) is 2.58. The van der Waals surface area contributed by atoms with Gasteiger partial charge in [-0.15, -0.1) is 0 Å². The van der Waals surface area contributed by atoms with Crippen LogP contribution >= 0.6 is 0 Å². The number of likely N-dealkylation sites (N-methyl/N-ethyl adjacent to an activating group) is 1. The monoisotopic (exact) mass is 335 g/mol. The molecule has 7 heteroatoms. The second-order valence-electron chi connectivity index (χ2n) is 5.28. The third-order valence-corrected chi connectivity index (χ3v) is 3.57. The van der Waals surface area contributed by atoms with Crippen LogP contribution in [-0.4, -0.2) is 49.4 Å². The summed E-state index contributed by atoms with van der Waals surface area (Å²) in [5, 5.41) is 2.77. The van der Waals surface area contributed by atoms with Crippen LogP contribution in [0.25, 0.3) is 0 Å². The quantitative estimate of drug-likeness (QED) is 0.521. The van der Waals surface area contributed by atoms with Gasteiger partial charge in [0.1, 0.15) is 0 Å². The minimum Gasteiger partial charge on any atom is -0.469 e. The number of esters is 1. The maximum Gasteiger partial charge on any atom is 0.305 e. The van der Waals surface area contributed by atoms with E-state index in [0.717, 1.165) is 0 Å². The van der Waals surface area contributed by atoms with Gasteiger partial charge in [0, 0.05) is 43.7 Å². The highest BCUT2D eigenvalue weighted by Crippen LogP contribution is 2.05. The van der Waals surface area contributed by atoms with Gasteiger partial charge in [0.15, 0.2) is 0 Å². The van der Waals surface area contributed by atoms with Gasteiger partial charge in [-0.3, -0.25) is 14.4 Å². The molecule has 0 aliphatic carbocycles. The molecule has 1 rings (SSSR count). The molecule has 0 heterocycles. The summed E-state index contributed by atoms with van der Waals surface area (Å²) in [7, 11) is 1.33. The number of benzene rings is 1. The molecule has 0 aliphatic rings. The number of nitrogens with zero attached hydrogens (tertiary/aromatic N) is 1. The van der Waals surface area contributed by atoms with Crippen molar-refractivity contribution in [2.24, 2.45) is 0 Å². The molecule has 3 N–H and O–H groups in total. The molecule has 0 spiro atoms. The molecule has 0 saturated heterocycles. The number of amides is 2. The molecular formula is C17H25N3O4. The van der Waals surface area contributed by atoms with E-state index in [4.69, 9.17) is 5.73 Å². The van der Waals surface area contributed by atoms with Gasteiger partial charge >= 0.3 is 5.97 Å². The van der Waals surface area contributed by atoms with Crippen molar-refractivity contribution in [2.75, 3.05) is 32.5 Å². The Morgan fingerprint density at radius 2 is 1.83 bits per heavy atom. The van der Waals surface area contributed by atoms with Crippen molar-refractivity contribution in [1.82, 2.24) is 10.2 Å². The molecule has 1 aromatic carbocycles. The van der Waals surface area contributed by atoms with Crippen molar-refractivity contribution in [3.63, 3.8) is 0 Å². The lowest BCUT2D eigenvalue weighted by Crippen LogP contribution is -2.38. The Kier molecular flexibility index (Phi) is 8.32. The third-order valence-electron chi connectivity index (χ3n) is 3.57. The van der Waals surface area contributed by atoms with Crippen molar-refractivity contribution in [2.45, 2.75) is 26.2 Å². The number of hydrogen-bond donors (Lipinski definition) is 2. The number of rotatable bonds is 9. The topological polar surface area (TPSA) is 102 Å². The first-order chi connectivity index (χ1) is 11.5. The normalized spacial score (nSPS) is 10.1. The second-order valence-corrected chi connectivity index (χ2v) is 5.28. The number of carbonyl (C=O) groups is 3. The van der Waals surface area contributed by atoms with Gasteiger partial charge in [0.05, 0.1) is 7.11 Å². The molecule has 2 amide bonds. The predicted molar refractivity (Wildman–Crippen MR) is 91.3 cm³/mol. The number of anilines is 1. The average molecular weight is 335 g/mol. The summed E-state index contributed by atoms with van der Waals surface area (Å²) in [6.07, 6.45) is 0.975. The zero-order valence-electron chi connectivity index (χ0n) is 14.2. The van der Waals surface area contributed by atoms with Gasteiger partial charge in [-0.1, -0.05) is 0 Å². The Morgan fingerprint density at radius 3 is 2.42 bits per heavy atom. The Labute approximate surface area is 142 Å². The molecule has 7 nitrogen and oxygen atoms in total. The predicted octanol–water partition coefficient (Wildman–Crippen LogP) is 1.19. The van der Waals surface area contributed by atoms with Crippen LogP contribution in [0.2, 0.25) is 0 Å². The van der Waals surface area contributed by atoms with Crippen LogP contribution in [0.4, 0.5) is 5.69 Å². The summed E-state index contributed by atoms with van der Waals surface area (Å²) < 4.78 is 4.54. The number of ether oxygens (including phenoxy) is 1. The number of nitrogens with one attached hydrogen (secondary N) is 1. The van der Waals surface area contributed by atoms with Crippen molar-refractivity contribution in [3.8, 4) is 0 Å². The maximum absolute atomic E-state index is 12.1. The van der Waals surface area contributed by atoms with Gasteiger partial charge in [0.2, 0.25) is 5.91 Å². The van der Waals surface area contributed by atoms with Crippen molar-refractivity contribution >= 4 is 23.5 Å². The molecule has 0 radical (unpaired) electrons. The van der Waals surface area contributed by atoms with E-state index in [-0.39, 0.29) is 30.6 Å². The summed E-state index contributed by atoms with van der Waals surface area (Å²) in [5.41, 5.74) is 6.70. The summed E-state index contributed by atoms with van der Waals surface area (Å²) in [4.78, 5) is 36.7. The fourth-order valence-electron chi connectivity index (χ4n) is 2.14. The standard InChI is InChI=1S/C17H25N3O4/c1-3-20(15(21)5-4-6-16(22)24-2)12-11-19-17(23)13-7-9-14(18)10-8-13/h7-10H,3-6,11-12,18H2,1-2H3,(H,19,23). The lowest BCUT2D eigenvalue weighted by Gasteiger charge is -2.21. The van der Waals surface area contributed by atoms with E-state index in [1.54, 1.807) is 29.2 Å². The summed E-state index contributed by atoms with van der Waals surface area (Å²) in [5.74, 6) is -0.561. The van der Waals surface area contributed by atoms with E-state index in [9.17, 15) is 14.4 Å². The lowest BCUT2D eigenvalue weighted by atomic mass is 10.2. The fourth-order valence-corrected chi connectivity index (χ4v) is 2.14. The molecule has 0 saturated carbocycles. The van der Waals surface area contributed by atoms with Gasteiger partial charge < -0.3 is 20.7 Å². The molecule has 0 fully saturated rings. The molecule has 24 heavy (non-hydrogen) atoms. The zero-order valence-corrected chi connectivity index (χ0v) is 14.2. The molecule has 1 aromatic rings. The van der Waals surface area contributed by atoms with Gasteiger partial charge in [-0.05, 0) is 37.6 Å². The molecule has 0 unspecified atom stereocenters. The highest BCUT2D eigenvalue weighted by molar-refractivity contribution is 5.94. The lowest BCUT2D eigenvalue weighted by molar-refractivity contribution is -0.140. The molecular weight excluding hydrogens is 310 g/mol. The summed E-state index contributed by atoms with van der Waals surface area (Å²) >= 11 is 0. The Hall–Kier alpha value is -2.57. The van der Waals surface area contributed by atoms with E-state index < -0.39 is 0 Å². The van der Waals surface area contributed by atoms with Crippen molar-refractivity contribution in [1.29, 1.82) is 0 Å². The van der Waals surface area contributed by atoms with Crippen LogP contribution in [0, 0.1) is 0 Å². The van der Waals surface area contributed by atoms with Crippen LogP contribution in [0.1, 0.15) is 36.5 Å². The van der Waals surface area contributed by atoms with Crippen LogP contribution < -0.4 is 11.1 Å². The number of nitrogens with two attached hydrogens (primary N) is 1. The molecule has 0 atom stereocenters. The highest BCUT2D eigenvalue weighted by atomic mass is 16.5. The fraction of sp³-hybridized carbons (Fsp3) is 0.471.